The number of nitrogens with zero attached hydrogens (tertiary/aromatic N) is 1. The highest BCUT2D eigenvalue weighted by Gasteiger charge is 2.30. The molecule has 25 heavy (non-hydrogen) atoms. The normalized spacial score (nSPS) is 14.1. The number of primary sulfonamides is 1. The molecule has 1 aromatic carbocycles. The fraction of sp³-hybridized carbons (Fsp3) is 0.267. The maximum atomic E-state index is 12.0. The molecule has 0 radical (unpaired) electrons. The zero-order valence-electron chi connectivity index (χ0n) is 13.1. The van der Waals surface area contributed by atoms with E-state index in [-0.39, 0.29) is 35.0 Å². The molecule has 9 nitrogen and oxygen atoms in total. The molecule has 132 valence electrons. The van der Waals surface area contributed by atoms with Gasteiger partial charge < -0.3 is 9.73 Å². The molecular weight excluding hydrogens is 348 g/mol. The lowest BCUT2D eigenvalue weighted by molar-refractivity contribution is -0.117. The molecule has 1 saturated carbocycles. The molecule has 0 unspecified atom stereocenters. The molecule has 0 aliphatic heterocycles. The van der Waals surface area contributed by atoms with E-state index in [1.807, 2.05) is 0 Å². The largest absolute Gasteiger partial charge is 0.431 e. The molecule has 2 amide bonds. The van der Waals surface area contributed by atoms with Crippen LogP contribution in [0.1, 0.15) is 28.9 Å². The summed E-state index contributed by atoms with van der Waals surface area (Å²) in [5, 5.41) is 10.1. The van der Waals surface area contributed by atoms with Crippen molar-refractivity contribution >= 4 is 27.9 Å². The summed E-state index contributed by atoms with van der Waals surface area (Å²) in [7, 11) is -3.75. The summed E-state index contributed by atoms with van der Waals surface area (Å²) in [6.45, 7) is 0.167. The molecule has 1 aliphatic rings. The van der Waals surface area contributed by atoms with E-state index < -0.39 is 15.9 Å². The highest BCUT2D eigenvalue weighted by Crippen LogP contribution is 2.30. The maximum Gasteiger partial charge on any atom is 0.302 e. The van der Waals surface area contributed by atoms with Crippen molar-refractivity contribution in [3.05, 3.63) is 41.8 Å². The van der Waals surface area contributed by atoms with E-state index in [1.54, 1.807) is 12.1 Å². The van der Waals surface area contributed by atoms with E-state index in [4.69, 9.17) is 9.56 Å². The molecule has 1 heterocycles. The fourth-order valence-corrected chi connectivity index (χ4v) is 2.57. The highest BCUT2D eigenvalue weighted by molar-refractivity contribution is 7.89. The first kappa shape index (κ1) is 17.1. The van der Waals surface area contributed by atoms with Gasteiger partial charge in [0.2, 0.25) is 15.9 Å². The lowest BCUT2D eigenvalue weighted by atomic mass is 10.2. The third-order valence-electron chi connectivity index (χ3n) is 3.62. The van der Waals surface area contributed by atoms with Crippen molar-refractivity contribution in [1.82, 2.24) is 10.3 Å². The standard InChI is InChI=1S/C15H16N4O5S/c16-25(22,23)11-5-1-9(2-6-11)7-17-14(21)12-8-24-15(18-12)19-13(20)10-3-4-10/h1-2,5-6,8,10H,3-4,7H2,(H,17,21)(H2,16,22,23)(H,18,19,20). The average molecular weight is 364 g/mol. The van der Waals surface area contributed by atoms with Crippen LogP contribution < -0.4 is 15.8 Å². The van der Waals surface area contributed by atoms with Gasteiger partial charge in [0, 0.05) is 12.5 Å². The molecule has 1 aliphatic carbocycles. The fourth-order valence-electron chi connectivity index (χ4n) is 2.06. The smallest absolute Gasteiger partial charge is 0.302 e. The third-order valence-corrected chi connectivity index (χ3v) is 4.55. The highest BCUT2D eigenvalue weighted by atomic mass is 32.2. The number of nitrogens with two attached hydrogens (primary N) is 1. The van der Waals surface area contributed by atoms with Crippen molar-refractivity contribution in [3.8, 4) is 0 Å². The number of carbonyl (C=O) groups excluding carboxylic acids is 2. The topological polar surface area (TPSA) is 144 Å². The predicted molar refractivity (Wildman–Crippen MR) is 86.8 cm³/mol. The minimum absolute atomic E-state index is 0.00415. The first-order chi connectivity index (χ1) is 11.8. The molecule has 0 spiro atoms. The zero-order chi connectivity index (χ0) is 18.0. The van der Waals surface area contributed by atoms with Crippen LogP contribution in [0.3, 0.4) is 0 Å². The van der Waals surface area contributed by atoms with Crippen LogP contribution in [0.2, 0.25) is 0 Å². The number of carbonyl (C=O) groups is 2. The summed E-state index contributed by atoms with van der Waals surface area (Å²) in [6.07, 6.45) is 2.86. The SMILES string of the molecule is NS(=O)(=O)c1ccc(CNC(=O)c2coc(NC(=O)C3CC3)n2)cc1. The average Bonchev–Trinajstić information content (AvgIpc) is 3.32. The Morgan fingerprint density at radius 3 is 2.52 bits per heavy atom. The second kappa shape index (κ2) is 6.65. The number of nitrogens with one attached hydrogen (secondary N) is 2. The van der Waals surface area contributed by atoms with E-state index >= 15 is 0 Å². The van der Waals surface area contributed by atoms with Crippen molar-refractivity contribution in [1.29, 1.82) is 0 Å². The van der Waals surface area contributed by atoms with Crippen molar-refractivity contribution in [2.75, 3.05) is 5.32 Å². The van der Waals surface area contributed by atoms with Gasteiger partial charge in [-0.25, -0.2) is 13.6 Å². The summed E-state index contributed by atoms with van der Waals surface area (Å²) in [5.41, 5.74) is 0.721. The minimum Gasteiger partial charge on any atom is -0.431 e. The van der Waals surface area contributed by atoms with Crippen LogP contribution in [0.4, 0.5) is 6.01 Å². The summed E-state index contributed by atoms with van der Waals surface area (Å²) < 4.78 is 27.4. The Hall–Kier alpha value is -2.72. The lowest BCUT2D eigenvalue weighted by Crippen LogP contribution is -2.23. The van der Waals surface area contributed by atoms with Crippen LogP contribution in [-0.4, -0.2) is 25.2 Å². The maximum absolute atomic E-state index is 12.0. The Kier molecular flexibility index (Phi) is 4.55. The van der Waals surface area contributed by atoms with Gasteiger partial charge in [-0.3, -0.25) is 14.9 Å². The lowest BCUT2D eigenvalue weighted by Gasteiger charge is -2.04. The molecule has 0 saturated heterocycles. The summed E-state index contributed by atoms with van der Waals surface area (Å²) in [4.78, 5) is 27.5. The van der Waals surface area contributed by atoms with Crippen LogP contribution in [0.25, 0.3) is 0 Å². The van der Waals surface area contributed by atoms with Crippen LogP contribution in [0.5, 0.6) is 0 Å². The molecule has 0 bridgehead atoms. The quantitative estimate of drug-likeness (QED) is 0.684. The van der Waals surface area contributed by atoms with E-state index in [2.05, 4.69) is 15.6 Å². The molecule has 2 aromatic rings. The van der Waals surface area contributed by atoms with Crippen molar-refractivity contribution < 1.29 is 22.4 Å². The summed E-state index contributed by atoms with van der Waals surface area (Å²) in [6, 6.07) is 5.80. The molecule has 0 atom stereocenters. The Bertz CT molecular complexity index is 900. The van der Waals surface area contributed by atoms with Gasteiger partial charge in [0.05, 0.1) is 4.90 Å². The summed E-state index contributed by atoms with van der Waals surface area (Å²) in [5.74, 6) is -0.639. The number of aromatic nitrogens is 1. The van der Waals surface area contributed by atoms with Gasteiger partial charge in [-0.15, -0.1) is 0 Å². The molecule has 3 rings (SSSR count). The van der Waals surface area contributed by atoms with Gasteiger partial charge in [0.25, 0.3) is 5.91 Å². The van der Waals surface area contributed by atoms with E-state index in [0.717, 1.165) is 19.1 Å². The van der Waals surface area contributed by atoms with E-state index in [1.165, 1.54) is 12.1 Å². The molecule has 1 fully saturated rings. The Labute approximate surface area is 143 Å². The minimum atomic E-state index is -3.75. The van der Waals surface area contributed by atoms with Crippen molar-refractivity contribution in [2.45, 2.75) is 24.3 Å². The van der Waals surface area contributed by atoms with Gasteiger partial charge in [-0.1, -0.05) is 12.1 Å². The van der Waals surface area contributed by atoms with Crippen LogP contribution >= 0.6 is 0 Å². The van der Waals surface area contributed by atoms with Gasteiger partial charge in [0.15, 0.2) is 5.69 Å². The number of sulfonamides is 1. The third kappa shape index (κ3) is 4.43. The Morgan fingerprint density at radius 2 is 1.92 bits per heavy atom. The van der Waals surface area contributed by atoms with Crippen molar-refractivity contribution in [2.24, 2.45) is 11.1 Å². The molecular formula is C15H16N4O5S. The first-order valence-electron chi connectivity index (χ1n) is 7.49. The Morgan fingerprint density at radius 1 is 1.24 bits per heavy atom. The number of anilines is 1. The van der Waals surface area contributed by atoms with Crippen molar-refractivity contribution in [3.63, 3.8) is 0 Å². The first-order valence-corrected chi connectivity index (χ1v) is 9.04. The predicted octanol–water partition coefficient (Wildman–Crippen LogP) is 0.600. The number of benzene rings is 1. The van der Waals surface area contributed by atoms with Gasteiger partial charge in [-0.05, 0) is 30.5 Å². The second-order valence-corrected chi connectivity index (χ2v) is 7.23. The number of hydrogen-bond donors (Lipinski definition) is 3. The molecule has 10 heteroatoms. The number of oxazole rings is 1. The molecule has 4 N–H and O–H groups in total. The van der Waals surface area contributed by atoms with Crippen LogP contribution in [0.15, 0.2) is 39.8 Å². The monoisotopic (exact) mass is 364 g/mol. The van der Waals surface area contributed by atoms with Crippen LogP contribution in [0, 0.1) is 5.92 Å². The second-order valence-electron chi connectivity index (χ2n) is 5.67. The number of amides is 2. The van der Waals surface area contributed by atoms with E-state index in [9.17, 15) is 18.0 Å². The van der Waals surface area contributed by atoms with Gasteiger partial charge in [0.1, 0.15) is 6.26 Å². The number of hydrogen-bond acceptors (Lipinski definition) is 6. The zero-order valence-corrected chi connectivity index (χ0v) is 13.9. The summed E-state index contributed by atoms with van der Waals surface area (Å²) >= 11 is 0. The number of rotatable bonds is 6. The molecule has 1 aromatic heterocycles. The van der Waals surface area contributed by atoms with Gasteiger partial charge >= 0.3 is 6.01 Å². The Balaban J connectivity index is 1.55. The van der Waals surface area contributed by atoms with Crippen LogP contribution in [-0.2, 0) is 21.4 Å². The van der Waals surface area contributed by atoms with Gasteiger partial charge in [-0.2, -0.15) is 4.98 Å². The van der Waals surface area contributed by atoms with E-state index in [0.29, 0.717) is 5.56 Å².